The molecule has 1 aromatic carbocycles. The van der Waals surface area contributed by atoms with E-state index in [0.717, 1.165) is 0 Å². The Morgan fingerprint density at radius 2 is 1.86 bits per heavy atom. The molecule has 0 spiro atoms. The molecule has 1 amide bonds. The van der Waals surface area contributed by atoms with Gasteiger partial charge in [-0.2, -0.15) is 0 Å². The standard InChI is InChI=1S/C19H22Cl2N2O5S/c1-29(25,26)12-11-22-7-9-23(10-8-22)19(24)17-6-5-14(28-17)13-27-16-4-2-3-15(20)18(16)21/h2-6H,7-13H2,1H3. The second-order valence-corrected chi connectivity index (χ2v) is 9.92. The van der Waals surface area contributed by atoms with E-state index >= 15 is 0 Å². The molecule has 1 aromatic heterocycles. The Morgan fingerprint density at radius 3 is 2.55 bits per heavy atom. The van der Waals surface area contributed by atoms with Crippen molar-refractivity contribution in [2.45, 2.75) is 6.61 Å². The molecule has 29 heavy (non-hydrogen) atoms. The second kappa shape index (κ2) is 9.38. The minimum absolute atomic E-state index is 0.118. The van der Waals surface area contributed by atoms with Crippen molar-refractivity contribution in [3.05, 3.63) is 51.9 Å². The molecule has 1 aliphatic heterocycles. The van der Waals surface area contributed by atoms with E-state index in [2.05, 4.69) is 0 Å². The van der Waals surface area contributed by atoms with Crippen LogP contribution in [0.5, 0.6) is 5.75 Å². The summed E-state index contributed by atoms with van der Waals surface area (Å²) < 4.78 is 33.8. The molecule has 7 nitrogen and oxygen atoms in total. The molecule has 0 radical (unpaired) electrons. The van der Waals surface area contributed by atoms with Crippen LogP contribution in [-0.2, 0) is 16.4 Å². The van der Waals surface area contributed by atoms with Gasteiger partial charge in [-0.25, -0.2) is 8.42 Å². The zero-order valence-electron chi connectivity index (χ0n) is 15.9. The third-order valence-electron chi connectivity index (χ3n) is 4.60. The van der Waals surface area contributed by atoms with Gasteiger partial charge in [0.15, 0.2) is 5.76 Å². The van der Waals surface area contributed by atoms with E-state index in [4.69, 9.17) is 32.4 Å². The maximum absolute atomic E-state index is 12.6. The number of piperazine rings is 1. The third kappa shape index (κ3) is 6.12. The zero-order chi connectivity index (χ0) is 21.0. The van der Waals surface area contributed by atoms with Gasteiger partial charge in [0.2, 0.25) is 0 Å². The molecule has 1 aliphatic rings. The van der Waals surface area contributed by atoms with Crippen molar-refractivity contribution >= 4 is 38.9 Å². The molecule has 0 unspecified atom stereocenters. The Labute approximate surface area is 180 Å². The lowest BCUT2D eigenvalue weighted by Gasteiger charge is -2.34. The van der Waals surface area contributed by atoms with Gasteiger partial charge >= 0.3 is 0 Å². The van der Waals surface area contributed by atoms with Crippen LogP contribution < -0.4 is 4.74 Å². The first-order valence-corrected chi connectivity index (χ1v) is 11.9. The zero-order valence-corrected chi connectivity index (χ0v) is 18.3. The van der Waals surface area contributed by atoms with Gasteiger partial charge in [-0.05, 0) is 24.3 Å². The number of furan rings is 1. The van der Waals surface area contributed by atoms with Crippen molar-refractivity contribution in [2.75, 3.05) is 44.7 Å². The number of halogens is 2. The van der Waals surface area contributed by atoms with Crippen LogP contribution in [0.25, 0.3) is 0 Å². The molecule has 0 atom stereocenters. The summed E-state index contributed by atoms with van der Waals surface area (Å²) in [6.07, 6.45) is 1.23. The highest BCUT2D eigenvalue weighted by atomic mass is 35.5. The van der Waals surface area contributed by atoms with Crippen LogP contribution in [0.15, 0.2) is 34.7 Å². The predicted molar refractivity (Wildman–Crippen MR) is 112 cm³/mol. The third-order valence-corrected chi connectivity index (χ3v) is 6.32. The summed E-state index contributed by atoms with van der Waals surface area (Å²) in [6.45, 7) is 2.90. The minimum atomic E-state index is -2.99. The van der Waals surface area contributed by atoms with Crippen LogP contribution in [-0.4, -0.2) is 68.9 Å². The van der Waals surface area contributed by atoms with Crippen molar-refractivity contribution < 1.29 is 22.4 Å². The molecule has 2 heterocycles. The second-order valence-electron chi connectivity index (χ2n) is 6.87. The molecule has 3 rings (SSSR count). The van der Waals surface area contributed by atoms with Crippen molar-refractivity contribution in [3.63, 3.8) is 0 Å². The summed E-state index contributed by atoms with van der Waals surface area (Å²) in [5.41, 5.74) is 0. The van der Waals surface area contributed by atoms with Crippen LogP contribution in [0.1, 0.15) is 16.3 Å². The van der Waals surface area contributed by atoms with Crippen LogP contribution >= 0.6 is 23.2 Å². The van der Waals surface area contributed by atoms with Crippen molar-refractivity contribution in [3.8, 4) is 5.75 Å². The highest BCUT2D eigenvalue weighted by Gasteiger charge is 2.24. The van der Waals surface area contributed by atoms with E-state index in [-0.39, 0.29) is 24.0 Å². The number of benzene rings is 1. The summed E-state index contributed by atoms with van der Waals surface area (Å²) in [5.74, 6) is 1.11. The number of hydrogen-bond acceptors (Lipinski definition) is 6. The maximum atomic E-state index is 12.6. The van der Waals surface area contributed by atoms with E-state index < -0.39 is 9.84 Å². The van der Waals surface area contributed by atoms with Crippen LogP contribution in [0, 0.1) is 0 Å². The van der Waals surface area contributed by atoms with Crippen LogP contribution in [0.2, 0.25) is 10.0 Å². The highest BCUT2D eigenvalue weighted by molar-refractivity contribution is 7.90. The average molecular weight is 461 g/mol. The molecule has 10 heteroatoms. The fourth-order valence-corrected chi connectivity index (χ4v) is 3.88. The number of carbonyl (C=O) groups is 1. The lowest BCUT2D eigenvalue weighted by atomic mass is 10.3. The number of rotatable bonds is 7. The number of nitrogens with zero attached hydrogens (tertiary/aromatic N) is 2. The molecule has 2 aromatic rings. The Hall–Kier alpha value is -1.74. The molecular weight excluding hydrogens is 439 g/mol. The van der Waals surface area contributed by atoms with Gasteiger partial charge in [0.05, 0.1) is 10.8 Å². The molecule has 0 bridgehead atoms. The SMILES string of the molecule is CS(=O)(=O)CCN1CCN(C(=O)c2ccc(COc3cccc(Cl)c3Cl)o2)CC1. The van der Waals surface area contributed by atoms with E-state index in [1.54, 1.807) is 35.2 Å². The van der Waals surface area contributed by atoms with Gasteiger partial charge in [0.25, 0.3) is 5.91 Å². The molecule has 0 aliphatic carbocycles. The van der Waals surface area contributed by atoms with E-state index in [9.17, 15) is 13.2 Å². The first-order chi connectivity index (χ1) is 13.7. The maximum Gasteiger partial charge on any atom is 0.289 e. The van der Waals surface area contributed by atoms with Gasteiger partial charge in [-0.1, -0.05) is 29.3 Å². The van der Waals surface area contributed by atoms with Crippen LogP contribution in [0.3, 0.4) is 0 Å². The molecule has 158 valence electrons. The predicted octanol–water partition coefficient (Wildman–Crippen LogP) is 2.97. The summed E-state index contributed by atoms with van der Waals surface area (Å²) >= 11 is 12.1. The number of carbonyl (C=O) groups excluding carboxylic acids is 1. The van der Waals surface area contributed by atoms with Gasteiger partial charge in [-0.3, -0.25) is 9.69 Å². The van der Waals surface area contributed by atoms with E-state index in [1.807, 2.05) is 4.90 Å². The van der Waals surface area contributed by atoms with Gasteiger partial charge in [-0.15, -0.1) is 0 Å². The molecule has 0 N–H and O–H groups in total. The Kier molecular flexibility index (Phi) is 7.10. The monoisotopic (exact) mass is 460 g/mol. The number of sulfone groups is 1. The number of amides is 1. The largest absolute Gasteiger partial charge is 0.484 e. The lowest BCUT2D eigenvalue weighted by Crippen LogP contribution is -2.49. The quantitative estimate of drug-likeness (QED) is 0.631. The average Bonchev–Trinajstić information content (AvgIpc) is 3.16. The van der Waals surface area contributed by atoms with E-state index in [1.165, 1.54) is 6.26 Å². The number of hydrogen-bond donors (Lipinski definition) is 0. The Morgan fingerprint density at radius 1 is 1.14 bits per heavy atom. The van der Waals surface area contributed by atoms with Gasteiger partial charge < -0.3 is 14.1 Å². The lowest BCUT2D eigenvalue weighted by molar-refractivity contribution is 0.0609. The molecule has 0 saturated carbocycles. The van der Waals surface area contributed by atoms with Crippen molar-refractivity contribution in [1.29, 1.82) is 0 Å². The normalized spacial score (nSPS) is 15.5. The van der Waals surface area contributed by atoms with Crippen molar-refractivity contribution in [1.82, 2.24) is 9.80 Å². The summed E-state index contributed by atoms with van der Waals surface area (Å²) in [7, 11) is -2.99. The van der Waals surface area contributed by atoms with Gasteiger partial charge in [0.1, 0.15) is 33.0 Å². The molecule has 1 fully saturated rings. The van der Waals surface area contributed by atoms with Gasteiger partial charge in [0, 0.05) is 39.0 Å². The van der Waals surface area contributed by atoms with Crippen LogP contribution in [0.4, 0.5) is 0 Å². The molecular formula is C19H22Cl2N2O5S. The first kappa shape index (κ1) is 22.0. The van der Waals surface area contributed by atoms with E-state index in [0.29, 0.717) is 54.3 Å². The number of ether oxygens (including phenoxy) is 1. The fraction of sp³-hybridized carbons (Fsp3) is 0.421. The minimum Gasteiger partial charge on any atom is -0.484 e. The topological polar surface area (TPSA) is 80.1 Å². The molecule has 1 saturated heterocycles. The first-order valence-electron chi connectivity index (χ1n) is 9.08. The summed E-state index contributed by atoms with van der Waals surface area (Å²) in [5, 5.41) is 0.723. The van der Waals surface area contributed by atoms with Crippen molar-refractivity contribution in [2.24, 2.45) is 0 Å². The Balaban J connectivity index is 1.51. The smallest absolute Gasteiger partial charge is 0.289 e. The summed E-state index contributed by atoms with van der Waals surface area (Å²) in [4.78, 5) is 16.4. The Bertz CT molecular complexity index is 969. The fourth-order valence-electron chi connectivity index (χ4n) is 2.94. The summed E-state index contributed by atoms with van der Waals surface area (Å²) in [6, 6.07) is 8.41. The highest BCUT2D eigenvalue weighted by Crippen LogP contribution is 2.32.